The van der Waals surface area contributed by atoms with Crippen LogP contribution >= 0.6 is 23.4 Å². The third-order valence-corrected chi connectivity index (χ3v) is 6.39. The fourth-order valence-electron chi connectivity index (χ4n) is 3.77. The molecule has 0 radical (unpaired) electrons. The van der Waals surface area contributed by atoms with Crippen LogP contribution in [0.3, 0.4) is 0 Å². The minimum absolute atomic E-state index is 0.0620. The Morgan fingerprint density at radius 1 is 1.35 bits per heavy atom. The summed E-state index contributed by atoms with van der Waals surface area (Å²) in [6.45, 7) is 6.86. The van der Waals surface area contributed by atoms with Crippen LogP contribution in [0, 0.1) is 0 Å². The molecule has 7 heteroatoms. The Morgan fingerprint density at radius 3 is 2.77 bits per heavy atom. The third kappa shape index (κ3) is 3.26. The molecule has 3 heterocycles. The molecule has 5 nitrogen and oxygen atoms in total. The number of H-pyrrole nitrogens is 1. The van der Waals surface area contributed by atoms with E-state index in [9.17, 15) is 4.79 Å². The fourth-order valence-corrected chi connectivity index (χ4v) is 5.00. The molecule has 4 rings (SSSR count). The van der Waals surface area contributed by atoms with Gasteiger partial charge in [0.1, 0.15) is 0 Å². The van der Waals surface area contributed by atoms with E-state index in [2.05, 4.69) is 18.9 Å². The molecule has 1 aromatic carbocycles. The van der Waals surface area contributed by atoms with Crippen LogP contribution in [-0.4, -0.2) is 27.0 Å². The van der Waals surface area contributed by atoms with Crippen molar-refractivity contribution in [2.75, 3.05) is 6.61 Å². The molecule has 2 aliphatic rings. The molecule has 0 amide bonds. The SMILES string of the molecule is CC1=Nc2c(c(=O)[nH]n2C2CCOC(C)(C)C2)C(c2ccc(Cl)cc2)S1. The van der Waals surface area contributed by atoms with Gasteiger partial charge >= 0.3 is 0 Å². The minimum atomic E-state index is -0.200. The van der Waals surface area contributed by atoms with E-state index in [1.54, 1.807) is 11.8 Å². The van der Waals surface area contributed by atoms with Crippen LogP contribution in [0.5, 0.6) is 0 Å². The van der Waals surface area contributed by atoms with E-state index in [4.69, 9.17) is 21.3 Å². The monoisotopic (exact) mass is 391 g/mol. The summed E-state index contributed by atoms with van der Waals surface area (Å²) in [5.74, 6) is 0.758. The Bertz CT molecular complexity index is 914. The van der Waals surface area contributed by atoms with Gasteiger partial charge in [-0.15, -0.1) is 0 Å². The standard InChI is InChI=1S/C19H22ClN3O2S/c1-11-21-17-15(16(26-11)12-4-6-13(20)7-5-12)18(24)22-23(17)14-8-9-25-19(2,3)10-14/h4-7,14,16H,8-10H2,1-3H3,(H,22,24). The summed E-state index contributed by atoms with van der Waals surface area (Å²) < 4.78 is 7.80. The van der Waals surface area contributed by atoms with Crippen LogP contribution in [0.1, 0.15) is 56.0 Å². The zero-order chi connectivity index (χ0) is 18.5. The summed E-state index contributed by atoms with van der Waals surface area (Å²) in [5.41, 5.74) is 1.53. The maximum absolute atomic E-state index is 12.8. The summed E-state index contributed by atoms with van der Waals surface area (Å²) in [7, 11) is 0. The molecule has 2 atom stereocenters. The molecule has 0 bridgehead atoms. The number of aromatic amines is 1. The Morgan fingerprint density at radius 2 is 2.08 bits per heavy atom. The van der Waals surface area contributed by atoms with Crippen molar-refractivity contribution in [2.45, 2.75) is 50.5 Å². The van der Waals surface area contributed by atoms with Gasteiger partial charge in [0, 0.05) is 11.6 Å². The van der Waals surface area contributed by atoms with Crippen LogP contribution < -0.4 is 5.56 Å². The quantitative estimate of drug-likeness (QED) is 0.796. The number of hydrogen-bond acceptors (Lipinski definition) is 4. The second-order valence-corrected chi connectivity index (χ2v) is 9.22. The smallest absolute Gasteiger partial charge is 0.271 e. The first kappa shape index (κ1) is 17.9. The van der Waals surface area contributed by atoms with E-state index in [0.29, 0.717) is 11.6 Å². The van der Waals surface area contributed by atoms with Gasteiger partial charge in [0.25, 0.3) is 5.56 Å². The van der Waals surface area contributed by atoms with Crippen molar-refractivity contribution >= 4 is 34.2 Å². The number of nitrogens with zero attached hydrogens (tertiary/aromatic N) is 2. The second kappa shape index (κ2) is 6.59. The molecular formula is C19H22ClN3O2S. The van der Waals surface area contributed by atoms with Crippen LogP contribution in [0.4, 0.5) is 5.82 Å². The van der Waals surface area contributed by atoms with Crippen LogP contribution in [0.2, 0.25) is 5.02 Å². The lowest BCUT2D eigenvalue weighted by molar-refractivity contribution is -0.0705. The number of rotatable bonds is 2. The first-order chi connectivity index (χ1) is 12.3. The van der Waals surface area contributed by atoms with Crippen LogP contribution in [0.25, 0.3) is 0 Å². The summed E-state index contributed by atoms with van der Waals surface area (Å²) in [6.07, 6.45) is 1.71. The first-order valence-electron chi connectivity index (χ1n) is 8.80. The molecule has 2 aliphatic heterocycles. The van der Waals surface area contributed by atoms with Crippen molar-refractivity contribution in [3.05, 3.63) is 50.8 Å². The number of aliphatic imine (C=N–C) groups is 1. The molecule has 0 spiro atoms. The lowest BCUT2D eigenvalue weighted by Gasteiger charge is -2.36. The van der Waals surface area contributed by atoms with Gasteiger partial charge in [0.2, 0.25) is 0 Å². The van der Waals surface area contributed by atoms with Crippen molar-refractivity contribution in [1.82, 2.24) is 9.78 Å². The Hall–Kier alpha value is -1.50. The maximum Gasteiger partial charge on any atom is 0.271 e. The van der Waals surface area contributed by atoms with Gasteiger partial charge < -0.3 is 4.74 Å². The van der Waals surface area contributed by atoms with Crippen molar-refractivity contribution < 1.29 is 4.74 Å². The highest BCUT2D eigenvalue weighted by molar-refractivity contribution is 8.14. The molecule has 2 aromatic rings. The summed E-state index contributed by atoms with van der Waals surface area (Å²) in [5, 5.41) is 4.63. The Labute approximate surface area is 161 Å². The van der Waals surface area contributed by atoms with E-state index in [-0.39, 0.29) is 22.5 Å². The molecule has 1 fully saturated rings. The second-order valence-electron chi connectivity index (χ2n) is 7.48. The van der Waals surface area contributed by atoms with Gasteiger partial charge in [0.05, 0.1) is 27.5 Å². The minimum Gasteiger partial charge on any atom is -0.375 e. The van der Waals surface area contributed by atoms with E-state index in [0.717, 1.165) is 34.8 Å². The van der Waals surface area contributed by atoms with Crippen molar-refractivity contribution in [3.8, 4) is 0 Å². The fraction of sp³-hybridized carbons (Fsp3) is 0.474. The highest BCUT2D eigenvalue weighted by Gasteiger charge is 2.35. The highest BCUT2D eigenvalue weighted by Crippen LogP contribution is 2.45. The topological polar surface area (TPSA) is 59.4 Å². The molecule has 1 aromatic heterocycles. The predicted molar refractivity (Wildman–Crippen MR) is 107 cm³/mol. The number of halogens is 1. The number of thioether (sulfide) groups is 1. The zero-order valence-electron chi connectivity index (χ0n) is 15.1. The summed E-state index contributed by atoms with van der Waals surface area (Å²) in [6, 6.07) is 7.88. The molecule has 0 aliphatic carbocycles. The number of benzene rings is 1. The molecule has 1 N–H and O–H groups in total. The summed E-state index contributed by atoms with van der Waals surface area (Å²) >= 11 is 7.64. The highest BCUT2D eigenvalue weighted by atomic mass is 35.5. The molecule has 2 unspecified atom stereocenters. The van der Waals surface area contributed by atoms with E-state index >= 15 is 0 Å². The number of nitrogens with one attached hydrogen (secondary N) is 1. The average molecular weight is 392 g/mol. The third-order valence-electron chi connectivity index (χ3n) is 4.96. The van der Waals surface area contributed by atoms with Crippen molar-refractivity contribution in [2.24, 2.45) is 4.99 Å². The predicted octanol–water partition coefficient (Wildman–Crippen LogP) is 4.85. The number of aromatic nitrogens is 2. The average Bonchev–Trinajstić information content (AvgIpc) is 2.91. The zero-order valence-corrected chi connectivity index (χ0v) is 16.7. The first-order valence-corrected chi connectivity index (χ1v) is 10.1. The van der Waals surface area contributed by atoms with Gasteiger partial charge in [-0.05, 0) is 51.3 Å². The van der Waals surface area contributed by atoms with Gasteiger partial charge in [-0.3, -0.25) is 14.6 Å². The van der Waals surface area contributed by atoms with Gasteiger partial charge in [-0.2, -0.15) is 0 Å². The van der Waals surface area contributed by atoms with E-state index in [1.807, 2.05) is 35.9 Å². The number of ether oxygens (including phenoxy) is 1. The Balaban J connectivity index is 1.79. The number of hydrogen-bond donors (Lipinski definition) is 1. The normalized spacial score (nSPS) is 24.8. The van der Waals surface area contributed by atoms with Crippen molar-refractivity contribution in [1.29, 1.82) is 0 Å². The van der Waals surface area contributed by atoms with E-state index < -0.39 is 0 Å². The van der Waals surface area contributed by atoms with E-state index in [1.165, 1.54) is 0 Å². The largest absolute Gasteiger partial charge is 0.375 e. The maximum atomic E-state index is 12.8. The molecule has 1 saturated heterocycles. The van der Waals surface area contributed by atoms with Gasteiger partial charge in [-0.1, -0.05) is 35.5 Å². The molecule has 0 saturated carbocycles. The van der Waals surface area contributed by atoms with Gasteiger partial charge in [-0.25, -0.2) is 4.99 Å². The van der Waals surface area contributed by atoms with Crippen molar-refractivity contribution in [3.63, 3.8) is 0 Å². The lowest BCUT2D eigenvalue weighted by atomic mass is 9.94. The molecular weight excluding hydrogens is 370 g/mol. The lowest BCUT2D eigenvalue weighted by Crippen LogP contribution is -2.35. The van der Waals surface area contributed by atoms with Crippen LogP contribution in [0.15, 0.2) is 34.1 Å². The molecule has 26 heavy (non-hydrogen) atoms. The summed E-state index contributed by atoms with van der Waals surface area (Å²) in [4.78, 5) is 17.6. The van der Waals surface area contributed by atoms with Crippen LogP contribution in [-0.2, 0) is 4.74 Å². The Kier molecular flexibility index (Phi) is 4.53. The molecule has 138 valence electrons. The number of fused-ring (bicyclic) bond motifs is 1. The van der Waals surface area contributed by atoms with Gasteiger partial charge in [0.15, 0.2) is 5.82 Å².